The van der Waals surface area contributed by atoms with Gasteiger partial charge < -0.3 is 4.74 Å². The van der Waals surface area contributed by atoms with Gasteiger partial charge in [-0.2, -0.15) is 10.2 Å². The number of pyridine rings is 1. The van der Waals surface area contributed by atoms with Crippen molar-refractivity contribution in [2.45, 2.75) is 12.9 Å². The van der Waals surface area contributed by atoms with Gasteiger partial charge in [0.25, 0.3) is 0 Å². The lowest BCUT2D eigenvalue weighted by molar-refractivity contribution is -0.274. The van der Waals surface area contributed by atoms with Gasteiger partial charge in [-0.15, -0.1) is 13.2 Å². The second-order valence-electron chi connectivity index (χ2n) is 4.04. The number of halogens is 5. The van der Waals surface area contributed by atoms with E-state index in [1.54, 1.807) is 0 Å². The molecule has 2 aromatic rings. The minimum atomic E-state index is -4.71. The van der Waals surface area contributed by atoms with Crippen molar-refractivity contribution in [1.29, 1.82) is 0 Å². The summed E-state index contributed by atoms with van der Waals surface area (Å²) in [6.07, 6.45) is -1.95. The van der Waals surface area contributed by atoms with Crippen LogP contribution >= 0.6 is 23.2 Å². The van der Waals surface area contributed by atoms with Gasteiger partial charge >= 0.3 is 6.36 Å². The average Bonchev–Trinajstić information content (AvgIpc) is 2.42. The highest BCUT2D eigenvalue weighted by Crippen LogP contribution is 2.32. The molecule has 0 amide bonds. The third-order valence-electron chi connectivity index (χ3n) is 2.41. The van der Waals surface area contributed by atoms with Crippen molar-refractivity contribution in [3.63, 3.8) is 0 Å². The van der Waals surface area contributed by atoms with E-state index in [2.05, 4.69) is 19.9 Å². The lowest BCUT2D eigenvalue weighted by Crippen LogP contribution is -2.16. The zero-order valence-corrected chi connectivity index (χ0v) is 12.3. The largest absolute Gasteiger partial charge is 0.573 e. The first kappa shape index (κ1) is 16.5. The van der Waals surface area contributed by atoms with Crippen molar-refractivity contribution in [2.24, 2.45) is 10.2 Å². The van der Waals surface area contributed by atoms with Crippen molar-refractivity contribution < 1.29 is 17.9 Å². The first-order valence-corrected chi connectivity index (χ1v) is 6.62. The molecule has 1 heterocycles. The maximum atomic E-state index is 12.0. The number of nitrogens with zero attached hydrogens (tertiary/aromatic N) is 3. The number of hydrogen-bond donors (Lipinski definition) is 0. The first-order valence-electron chi connectivity index (χ1n) is 5.86. The van der Waals surface area contributed by atoms with Gasteiger partial charge in [0.15, 0.2) is 0 Å². The summed E-state index contributed by atoms with van der Waals surface area (Å²) in [5.41, 5.74) is 0.940. The van der Waals surface area contributed by atoms with E-state index in [1.165, 1.54) is 36.7 Å². The van der Waals surface area contributed by atoms with Crippen LogP contribution in [0.15, 0.2) is 46.9 Å². The Morgan fingerprint density at radius 1 is 1.05 bits per heavy atom. The molecule has 0 radical (unpaired) electrons. The van der Waals surface area contributed by atoms with Crippen molar-refractivity contribution in [3.05, 3.63) is 52.3 Å². The van der Waals surface area contributed by atoms with Crippen LogP contribution in [0.1, 0.15) is 5.56 Å². The lowest BCUT2D eigenvalue weighted by Gasteiger charge is -2.08. The molecule has 0 aliphatic heterocycles. The summed E-state index contributed by atoms with van der Waals surface area (Å²) < 4.78 is 39.8. The zero-order valence-electron chi connectivity index (χ0n) is 10.8. The average molecular weight is 350 g/mol. The fourth-order valence-corrected chi connectivity index (χ4v) is 1.92. The van der Waals surface area contributed by atoms with Gasteiger partial charge in [-0.25, -0.2) is 0 Å². The molecule has 22 heavy (non-hydrogen) atoms. The molecule has 0 saturated carbocycles. The molecule has 4 nitrogen and oxygen atoms in total. The van der Waals surface area contributed by atoms with Crippen LogP contribution in [0.2, 0.25) is 10.0 Å². The van der Waals surface area contributed by atoms with Crippen molar-refractivity contribution in [2.75, 3.05) is 0 Å². The van der Waals surface area contributed by atoms with E-state index < -0.39 is 6.36 Å². The zero-order chi connectivity index (χ0) is 16.2. The molecule has 0 unspecified atom stereocenters. The molecule has 9 heteroatoms. The highest BCUT2D eigenvalue weighted by Gasteiger charge is 2.30. The monoisotopic (exact) mass is 349 g/mol. The van der Waals surface area contributed by atoms with E-state index in [9.17, 15) is 13.2 Å². The van der Waals surface area contributed by atoms with Crippen molar-refractivity contribution in [3.8, 4) is 5.75 Å². The number of alkyl halides is 3. The highest BCUT2D eigenvalue weighted by molar-refractivity contribution is 6.38. The third kappa shape index (κ3) is 4.85. The van der Waals surface area contributed by atoms with Gasteiger partial charge in [0, 0.05) is 12.4 Å². The number of ether oxygens (including phenoxy) is 1. The Bertz CT molecular complexity index is 655. The second-order valence-corrected chi connectivity index (χ2v) is 4.86. The Morgan fingerprint density at radius 3 is 2.18 bits per heavy atom. The predicted octanol–water partition coefficient (Wildman–Crippen LogP) is 5.57. The number of aromatic nitrogens is 1. The number of hydrogen-bond acceptors (Lipinski definition) is 4. The maximum Gasteiger partial charge on any atom is 0.573 e. The summed E-state index contributed by atoms with van der Waals surface area (Å²) in [6, 6.07) is 5.31. The molecule has 0 fully saturated rings. The molecular formula is C13H8Cl2F3N3O. The smallest absolute Gasteiger partial charge is 0.406 e. The molecule has 0 bridgehead atoms. The Morgan fingerprint density at radius 2 is 1.64 bits per heavy atom. The quantitative estimate of drug-likeness (QED) is 0.677. The van der Waals surface area contributed by atoms with Crippen LogP contribution in [-0.4, -0.2) is 11.3 Å². The van der Waals surface area contributed by atoms with Gasteiger partial charge in [-0.3, -0.25) is 4.98 Å². The summed E-state index contributed by atoms with van der Waals surface area (Å²) >= 11 is 11.7. The van der Waals surface area contributed by atoms with Crippen LogP contribution < -0.4 is 4.74 Å². The summed E-state index contributed by atoms with van der Waals surface area (Å²) in [4.78, 5) is 3.78. The Kier molecular flexibility index (Phi) is 5.20. The van der Waals surface area contributed by atoms with Gasteiger partial charge in [-0.05, 0) is 17.7 Å². The van der Waals surface area contributed by atoms with Gasteiger partial charge in [0.1, 0.15) is 11.4 Å². The normalized spacial score (nSPS) is 11.9. The number of benzene rings is 1. The summed E-state index contributed by atoms with van der Waals surface area (Å²) in [6.45, 7) is 0.154. The topological polar surface area (TPSA) is 46.8 Å². The van der Waals surface area contributed by atoms with Gasteiger partial charge in [-0.1, -0.05) is 35.3 Å². The molecule has 1 aromatic heterocycles. The molecule has 1 aromatic carbocycles. The van der Waals surface area contributed by atoms with Crippen molar-refractivity contribution in [1.82, 2.24) is 4.98 Å². The fourth-order valence-electron chi connectivity index (χ4n) is 1.48. The van der Waals surface area contributed by atoms with Gasteiger partial charge in [0.05, 0.1) is 16.6 Å². The van der Waals surface area contributed by atoms with Crippen molar-refractivity contribution >= 4 is 28.9 Å². The Hall–Kier alpha value is -1.86. The standard InChI is InChI=1S/C13H8Cl2F3N3O/c14-10-6-19-7-11(15)12(10)21-20-5-8-1-3-9(4-2-8)22-13(16,17)18/h1-4,6-7H,5H2. The van der Waals surface area contributed by atoms with E-state index >= 15 is 0 Å². The molecule has 0 saturated heterocycles. The van der Waals surface area contributed by atoms with Crippen LogP contribution in [-0.2, 0) is 6.54 Å². The van der Waals surface area contributed by atoms with Crippen LogP contribution in [0.25, 0.3) is 0 Å². The summed E-state index contributed by atoms with van der Waals surface area (Å²) in [5, 5.41) is 8.30. The number of azo groups is 1. The maximum absolute atomic E-state index is 12.0. The van der Waals surface area contributed by atoms with E-state index in [4.69, 9.17) is 23.2 Å². The molecule has 0 aliphatic carbocycles. The van der Waals surface area contributed by atoms with E-state index in [0.29, 0.717) is 5.56 Å². The molecular weight excluding hydrogens is 342 g/mol. The third-order valence-corrected chi connectivity index (χ3v) is 2.96. The second kappa shape index (κ2) is 6.93. The molecule has 0 spiro atoms. The lowest BCUT2D eigenvalue weighted by atomic mass is 10.2. The Balaban J connectivity index is 2.01. The molecule has 2 rings (SSSR count). The summed E-state index contributed by atoms with van der Waals surface area (Å²) in [7, 11) is 0. The molecule has 116 valence electrons. The van der Waals surface area contributed by atoms with Crippen LogP contribution in [0.3, 0.4) is 0 Å². The first-order chi connectivity index (χ1) is 10.3. The van der Waals surface area contributed by atoms with Crippen LogP contribution in [0.5, 0.6) is 5.75 Å². The minimum Gasteiger partial charge on any atom is -0.406 e. The molecule has 0 aliphatic rings. The minimum absolute atomic E-state index is 0.154. The highest BCUT2D eigenvalue weighted by atomic mass is 35.5. The van der Waals surface area contributed by atoms with E-state index in [1.807, 2.05) is 0 Å². The SMILES string of the molecule is FC(F)(F)Oc1ccc(CN=Nc2c(Cl)cncc2Cl)cc1. The van der Waals surface area contributed by atoms with E-state index in [-0.39, 0.29) is 28.0 Å². The van der Waals surface area contributed by atoms with Gasteiger partial charge in [0.2, 0.25) is 0 Å². The van der Waals surface area contributed by atoms with E-state index in [0.717, 1.165) is 0 Å². The predicted molar refractivity (Wildman–Crippen MR) is 75.6 cm³/mol. The number of rotatable bonds is 4. The molecule has 0 N–H and O–H groups in total. The Labute approximate surface area is 133 Å². The summed E-state index contributed by atoms with van der Waals surface area (Å²) in [5.74, 6) is -0.298. The van der Waals surface area contributed by atoms with Crippen LogP contribution in [0.4, 0.5) is 18.9 Å². The van der Waals surface area contributed by atoms with Crippen LogP contribution in [0, 0.1) is 0 Å². The fraction of sp³-hybridized carbons (Fsp3) is 0.154. The molecule has 0 atom stereocenters.